The van der Waals surface area contributed by atoms with E-state index in [0.29, 0.717) is 12.2 Å². The van der Waals surface area contributed by atoms with E-state index in [4.69, 9.17) is 0 Å². The van der Waals surface area contributed by atoms with Crippen molar-refractivity contribution in [1.82, 2.24) is 5.32 Å². The number of thioether (sulfide) groups is 1. The fourth-order valence-electron chi connectivity index (χ4n) is 2.94. The maximum atomic E-state index is 11.7. The van der Waals surface area contributed by atoms with Crippen LogP contribution in [-0.2, 0) is 14.6 Å². The zero-order valence-electron chi connectivity index (χ0n) is 12.9. The van der Waals surface area contributed by atoms with Gasteiger partial charge in [0, 0.05) is 12.0 Å². The van der Waals surface area contributed by atoms with Crippen molar-refractivity contribution in [1.29, 1.82) is 0 Å². The molecule has 7 heteroatoms. The summed E-state index contributed by atoms with van der Waals surface area (Å²) in [5.41, 5.74) is -0.770. The number of carboxylic acid groups (broad SMARTS) is 1. The van der Waals surface area contributed by atoms with Crippen molar-refractivity contribution < 1.29 is 18.3 Å². The summed E-state index contributed by atoms with van der Waals surface area (Å²) in [4.78, 5) is 11.7. The summed E-state index contributed by atoms with van der Waals surface area (Å²) in [6.45, 7) is 2.76. The summed E-state index contributed by atoms with van der Waals surface area (Å²) >= 11 is 1.60. The zero-order chi connectivity index (χ0) is 15.9. The van der Waals surface area contributed by atoms with E-state index in [2.05, 4.69) is 5.32 Å². The van der Waals surface area contributed by atoms with E-state index in [1.54, 1.807) is 11.8 Å². The lowest BCUT2D eigenvalue weighted by molar-refractivity contribution is -0.146. The molecule has 0 aromatic rings. The standard InChI is InChI=1S/C14H27NO4S2/c1-3-8-15-14(13(16)17)7-4-5-12(14)6-9-20-10-11-21(2,18)19/h12,15H,3-11H2,1-2H3,(H,16,17). The number of hydrogen-bond acceptors (Lipinski definition) is 5. The Balaban J connectivity index is 2.46. The smallest absolute Gasteiger partial charge is 0.324 e. The first kappa shape index (κ1) is 18.8. The summed E-state index contributed by atoms with van der Waals surface area (Å²) < 4.78 is 22.1. The molecule has 2 atom stereocenters. The number of aliphatic carboxylic acids is 1. The van der Waals surface area contributed by atoms with E-state index in [0.717, 1.165) is 38.0 Å². The van der Waals surface area contributed by atoms with Gasteiger partial charge in [-0.3, -0.25) is 4.79 Å². The normalized spacial score (nSPS) is 26.1. The molecular formula is C14H27NO4S2. The van der Waals surface area contributed by atoms with Crippen LogP contribution in [-0.4, -0.2) is 55.1 Å². The summed E-state index contributed by atoms with van der Waals surface area (Å²) in [6, 6.07) is 0. The van der Waals surface area contributed by atoms with Gasteiger partial charge < -0.3 is 10.4 Å². The predicted octanol–water partition coefficient (Wildman–Crippen LogP) is 1.78. The van der Waals surface area contributed by atoms with Crippen molar-refractivity contribution in [2.24, 2.45) is 5.92 Å². The van der Waals surface area contributed by atoms with E-state index >= 15 is 0 Å². The second-order valence-electron chi connectivity index (χ2n) is 5.82. The summed E-state index contributed by atoms with van der Waals surface area (Å²) in [6.07, 6.45) is 5.58. The van der Waals surface area contributed by atoms with E-state index in [-0.39, 0.29) is 11.7 Å². The molecule has 1 aliphatic rings. The van der Waals surface area contributed by atoms with Gasteiger partial charge in [0.05, 0.1) is 5.75 Å². The zero-order valence-corrected chi connectivity index (χ0v) is 14.6. The van der Waals surface area contributed by atoms with Gasteiger partial charge >= 0.3 is 5.97 Å². The molecular weight excluding hydrogens is 310 g/mol. The summed E-state index contributed by atoms with van der Waals surface area (Å²) in [7, 11) is -2.90. The Morgan fingerprint density at radius 3 is 2.71 bits per heavy atom. The van der Waals surface area contributed by atoms with Gasteiger partial charge in [0.2, 0.25) is 0 Å². The molecule has 2 N–H and O–H groups in total. The van der Waals surface area contributed by atoms with Crippen molar-refractivity contribution in [3.8, 4) is 0 Å². The quantitative estimate of drug-likeness (QED) is 0.591. The van der Waals surface area contributed by atoms with Crippen molar-refractivity contribution in [3.05, 3.63) is 0 Å². The molecule has 5 nitrogen and oxygen atoms in total. The first-order valence-electron chi connectivity index (χ1n) is 7.55. The van der Waals surface area contributed by atoms with Crippen LogP contribution in [0.25, 0.3) is 0 Å². The molecule has 0 bridgehead atoms. The fourth-order valence-corrected chi connectivity index (χ4v) is 5.28. The molecule has 0 aromatic heterocycles. The Morgan fingerprint density at radius 1 is 1.43 bits per heavy atom. The number of carboxylic acids is 1. The van der Waals surface area contributed by atoms with E-state index in [1.165, 1.54) is 6.26 Å². The van der Waals surface area contributed by atoms with Gasteiger partial charge in [-0.05, 0) is 43.9 Å². The monoisotopic (exact) mass is 337 g/mol. The SMILES string of the molecule is CCCNC1(C(=O)O)CCCC1CCSCCS(C)(=O)=O. The van der Waals surface area contributed by atoms with Gasteiger partial charge in [-0.25, -0.2) is 8.42 Å². The highest BCUT2D eigenvalue weighted by Gasteiger charge is 2.48. The molecule has 0 aromatic carbocycles. The minimum atomic E-state index is -2.90. The summed E-state index contributed by atoms with van der Waals surface area (Å²) in [5, 5.41) is 12.9. The molecule has 0 spiro atoms. The Labute approximate surface area is 132 Å². The molecule has 1 aliphatic carbocycles. The lowest BCUT2D eigenvalue weighted by Crippen LogP contribution is -2.55. The van der Waals surface area contributed by atoms with Crippen molar-refractivity contribution in [2.45, 2.75) is 44.6 Å². The molecule has 1 saturated carbocycles. The first-order chi connectivity index (χ1) is 9.82. The van der Waals surface area contributed by atoms with Gasteiger partial charge in [0.1, 0.15) is 15.4 Å². The summed E-state index contributed by atoms with van der Waals surface area (Å²) in [5.74, 6) is 1.02. The third-order valence-electron chi connectivity index (χ3n) is 4.10. The lowest BCUT2D eigenvalue weighted by Gasteiger charge is -2.32. The van der Waals surface area contributed by atoms with Crippen LogP contribution < -0.4 is 5.32 Å². The van der Waals surface area contributed by atoms with Crippen LogP contribution >= 0.6 is 11.8 Å². The van der Waals surface area contributed by atoms with Crippen molar-refractivity contribution in [2.75, 3.05) is 30.1 Å². The Bertz CT molecular complexity index is 438. The molecule has 0 heterocycles. The molecule has 2 unspecified atom stereocenters. The third-order valence-corrected chi connectivity index (χ3v) is 6.32. The molecule has 0 saturated heterocycles. The van der Waals surface area contributed by atoms with E-state index < -0.39 is 21.3 Å². The minimum absolute atomic E-state index is 0.146. The molecule has 1 rings (SSSR count). The first-order valence-corrected chi connectivity index (χ1v) is 10.8. The highest BCUT2D eigenvalue weighted by molar-refractivity contribution is 8.00. The molecule has 0 amide bonds. The largest absolute Gasteiger partial charge is 0.480 e. The van der Waals surface area contributed by atoms with Crippen LogP contribution in [0.15, 0.2) is 0 Å². The second-order valence-corrected chi connectivity index (χ2v) is 9.31. The molecule has 1 fully saturated rings. The Kier molecular flexibility index (Phi) is 7.50. The Morgan fingerprint density at radius 2 is 2.14 bits per heavy atom. The van der Waals surface area contributed by atoms with Gasteiger partial charge in [0.15, 0.2) is 0 Å². The number of nitrogens with one attached hydrogen (secondary N) is 1. The molecule has 0 aliphatic heterocycles. The van der Waals surface area contributed by atoms with Gasteiger partial charge in [0.25, 0.3) is 0 Å². The maximum absolute atomic E-state index is 11.7. The number of rotatable bonds is 10. The van der Waals surface area contributed by atoms with Crippen LogP contribution in [0, 0.1) is 5.92 Å². The van der Waals surface area contributed by atoms with Crippen molar-refractivity contribution >= 4 is 27.6 Å². The molecule has 21 heavy (non-hydrogen) atoms. The van der Waals surface area contributed by atoms with Crippen LogP contribution in [0.5, 0.6) is 0 Å². The highest BCUT2D eigenvalue weighted by Crippen LogP contribution is 2.39. The van der Waals surface area contributed by atoms with Gasteiger partial charge in [-0.1, -0.05) is 13.3 Å². The fraction of sp³-hybridized carbons (Fsp3) is 0.929. The average molecular weight is 338 g/mol. The topological polar surface area (TPSA) is 83.5 Å². The third kappa shape index (κ3) is 5.79. The number of carbonyl (C=O) groups is 1. The van der Waals surface area contributed by atoms with E-state index in [9.17, 15) is 18.3 Å². The van der Waals surface area contributed by atoms with Gasteiger partial charge in [-0.2, -0.15) is 11.8 Å². The second kappa shape index (κ2) is 8.39. The highest BCUT2D eigenvalue weighted by atomic mass is 32.2. The lowest BCUT2D eigenvalue weighted by atomic mass is 9.85. The van der Waals surface area contributed by atoms with Crippen LogP contribution in [0.3, 0.4) is 0 Å². The average Bonchev–Trinajstić information content (AvgIpc) is 2.79. The van der Waals surface area contributed by atoms with Gasteiger partial charge in [-0.15, -0.1) is 0 Å². The molecule has 124 valence electrons. The van der Waals surface area contributed by atoms with Crippen LogP contribution in [0.1, 0.15) is 39.0 Å². The molecule has 0 radical (unpaired) electrons. The number of hydrogen-bond donors (Lipinski definition) is 2. The minimum Gasteiger partial charge on any atom is -0.480 e. The van der Waals surface area contributed by atoms with Crippen LogP contribution in [0.4, 0.5) is 0 Å². The van der Waals surface area contributed by atoms with Crippen LogP contribution in [0.2, 0.25) is 0 Å². The Hall–Kier alpha value is -0.270. The predicted molar refractivity (Wildman–Crippen MR) is 87.7 cm³/mol. The van der Waals surface area contributed by atoms with E-state index in [1.807, 2.05) is 6.92 Å². The maximum Gasteiger partial charge on any atom is 0.324 e. The van der Waals surface area contributed by atoms with Crippen molar-refractivity contribution in [3.63, 3.8) is 0 Å². The number of sulfone groups is 1.